The lowest BCUT2D eigenvalue weighted by molar-refractivity contribution is 0.101. The first kappa shape index (κ1) is 21.6. The molecule has 3 aromatic heterocycles. The fourth-order valence-corrected chi connectivity index (χ4v) is 3.66. The molecule has 11 heteroatoms. The molecular weight excluding hydrogens is 452 g/mol. The zero-order chi connectivity index (χ0) is 23.8. The van der Waals surface area contributed by atoms with Crippen molar-refractivity contribution in [1.82, 2.24) is 24.1 Å². The van der Waals surface area contributed by atoms with Crippen molar-refractivity contribution in [3.63, 3.8) is 0 Å². The van der Waals surface area contributed by atoms with Crippen molar-refractivity contribution in [2.75, 3.05) is 5.32 Å². The average molecular weight is 468 g/mol. The maximum Gasteiger partial charge on any atom is 0.280 e. The van der Waals surface area contributed by atoms with Gasteiger partial charge in [-0.3, -0.25) is 10.1 Å². The second-order valence-electron chi connectivity index (χ2n) is 7.46. The Morgan fingerprint density at radius 3 is 2.38 bits per heavy atom. The van der Waals surface area contributed by atoms with Crippen molar-refractivity contribution >= 4 is 28.5 Å². The van der Waals surface area contributed by atoms with Crippen molar-refractivity contribution in [3.05, 3.63) is 89.4 Å². The van der Waals surface area contributed by atoms with Crippen LogP contribution in [0.2, 0.25) is 0 Å². The number of halogens is 4. The summed E-state index contributed by atoms with van der Waals surface area (Å²) in [5.74, 6) is -0.517. The summed E-state index contributed by atoms with van der Waals surface area (Å²) in [7, 11) is 0. The highest BCUT2D eigenvalue weighted by atomic mass is 19.3. The normalized spacial score (nSPS) is 11.7. The molecule has 0 fully saturated rings. The minimum Gasteiger partial charge on any atom is -0.305 e. The van der Waals surface area contributed by atoms with E-state index in [1.165, 1.54) is 0 Å². The number of hydrogen-bond donors (Lipinski definition) is 1. The molecule has 0 unspecified atom stereocenters. The Morgan fingerprint density at radius 1 is 0.912 bits per heavy atom. The van der Waals surface area contributed by atoms with Crippen LogP contribution in [-0.4, -0.2) is 30.1 Å². The molecule has 2 aromatic carbocycles. The second-order valence-corrected chi connectivity index (χ2v) is 7.46. The number of hydrogen-bond acceptors (Lipinski definition) is 4. The predicted octanol–water partition coefficient (Wildman–Crippen LogP) is 5.25. The highest BCUT2D eigenvalue weighted by Crippen LogP contribution is 2.26. The number of nitrogens with one attached hydrogen (secondary N) is 1. The molecule has 0 spiro atoms. The highest BCUT2D eigenvalue weighted by Gasteiger charge is 2.23. The standard InChI is InChI=1S/C23H16F4N6O/c24-20(25)15-10-18(21(26)27)33-19(28-15)11-16(31-33)22(34)30-23-29-14-8-4-5-9-17(14)32(23)12-13-6-2-1-3-7-13/h1-11,20-21H,12H2,(H,29,30,34). The molecule has 0 saturated heterocycles. The topological polar surface area (TPSA) is 77.1 Å². The van der Waals surface area contributed by atoms with Gasteiger partial charge in [0.25, 0.3) is 18.8 Å². The van der Waals surface area contributed by atoms with Crippen molar-refractivity contribution < 1.29 is 22.4 Å². The van der Waals surface area contributed by atoms with Crippen LogP contribution in [-0.2, 0) is 6.54 Å². The van der Waals surface area contributed by atoms with Gasteiger partial charge in [-0.15, -0.1) is 0 Å². The van der Waals surface area contributed by atoms with Gasteiger partial charge < -0.3 is 4.57 Å². The number of carbonyl (C=O) groups is 1. The fraction of sp³-hybridized carbons (Fsp3) is 0.130. The summed E-state index contributed by atoms with van der Waals surface area (Å²) in [6.07, 6.45) is -6.14. The predicted molar refractivity (Wildman–Crippen MR) is 116 cm³/mol. The van der Waals surface area contributed by atoms with Gasteiger partial charge in [0.2, 0.25) is 5.95 Å². The molecule has 34 heavy (non-hydrogen) atoms. The number of anilines is 1. The van der Waals surface area contributed by atoms with Crippen LogP contribution in [0.5, 0.6) is 0 Å². The second kappa shape index (κ2) is 8.58. The number of para-hydroxylation sites is 2. The summed E-state index contributed by atoms with van der Waals surface area (Å²) in [4.78, 5) is 21.1. The Morgan fingerprint density at radius 2 is 1.65 bits per heavy atom. The molecule has 0 aliphatic rings. The van der Waals surface area contributed by atoms with Gasteiger partial charge in [0.05, 0.1) is 17.6 Å². The van der Waals surface area contributed by atoms with E-state index in [9.17, 15) is 22.4 Å². The summed E-state index contributed by atoms with van der Waals surface area (Å²) in [5, 5.41) is 6.54. The summed E-state index contributed by atoms with van der Waals surface area (Å²) >= 11 is 0. The number of amides is 1. The lowest BCUT2D eigenvalue weighted by Crippen LogP contribution is -2.17. The first-order valence-electron chi connectivity index (χ1n) is 10.2. The molecule has 5 aromatic rings. The molecule has 0 bridgehead atoms. The first-order chi connectivity index (χ1) is 16.4. The third kappa shape index (κ3) is 3.96. The smallest absolute Gasteiger partial charge is 0.280 e. The van der Waals surface area contributed by atoms with Gasteiger partial charge in [0.1, 0.15) is 11.4 Å². The molecular formula is C23H16F4N6O. The van der Waals surface area contributed by atoms with Crippen LogP contribution in [0.15, 0.2) is 66.7 Å². The third-order valence-corrected chi connectivity index (χ3v) is 5.22. The van der Waals surface area contributed by atoms with Crippen LogP contribution < -0.4 is 5.32 Å². The van der Waals surface area contributed by atoms with Crippen molar-refractivity contribution in [1.29, 1.82) is 0 Å². The molecule has 1 N–H and O–H groups in total. The van der Waals surface area contributed by atoms with Crippen LogP contribution >= 0.6 is 0 Å². The van der Waals surface area contributed by atoms with Gasteiger partial charge in [-0.25, -0.2) is 32.0 Å². The SMILES string of the molecule is O=C(Nc1nc2ccccc2n1Cc1ccccc1)c1cc2nc(C(F)F)cc(C(F)F)n2n1. The Bertz CT molecular complexity index is 1500. The summed E-state index contributed by atoms with van der Waals surface area (Å²) in [6, 6.07) is 18.5. The van der Waals surface area contributed by atoms with Crippen molar-refractivity contribution in [3.8, 4) is 0 Å². The molecule has 0 saturated carbocycles. The molecule has 172 valence electrons. The van der Waals surface area contributed by atoms with Crippen LogP contribution in [0.1, 0.15) is 40.3 Å². The van der Waals surface area contributed by atoms with E-state index in [0.29, 0.717) is 22.6 Å². The van der Waals surface area contributed by atoms with Gasteiger partial charge in [-0.05, 0) is 23.8 Å². The van der Waals surface area contributed by atoms with Crippen LogP contribution in [0.4, 0.5) is 23.5 Å². The molecule has 0 atom stereocenters. The van der Waals surface area contributed by atoms with Gasteiger partial charge in [-0.1, -0.05) is 42.5 Å². The van der Waals surface area contributed by atoms with E-state index in [1.807, 2.05) is 48.5 Å². The largest absolute Gasteiger partial charge is 0.305 e. The quantitative estimate of drug-likeness (QED) is 0.345. The number of benzene rings is 2. The molecule has 5 rings (SSSR count). The molecule has 0 aliphatic heterocycles. The number of fused-ring (bicyclic) bond motifs is 2. The summed E-state index contributed by atoms with van der Waals surface area (Å²) in [5.41, 5.74) is 0.246. The summed E-state index contributed by atoms with van der Waals surface area (Å²) < 4.78 is 55.5. The Labute approximate surface area is 189 Å². The minimum absolute atomic E-state index is 0.224. The summed E-state index contributed by atoms with van der Waals surface area (Å²) in [6.45, 7) is 0.414. The maximum atomic E-state index is 13.4. The molecule has 3 heterocycles. The van der Waals surface area contributed by atoms with Gasteiger partial charge in [-0.2, -0.15) is 5.10 Å². The monoisotopic (exact) mass is 468 g/mol. The molecule has 0 aliphatic carbocycles. The van der Waals surface area contributed by atoms with Crippen LogP contribution in [0, 0.1) is 0 Å². The van der Waals surface area contributed by atoms with E-state index in [0.717, 1.165) is 17.1 Å². The lowest BCUT2D eigenvalue weighted by Gasteiger charge is -2.09. The maximum absolute atomic E-state index is 13.4. The molecule has 1 amide bonds. The average Bonchev–Trinajstić information content (AvgIpc) is 3.41. The van der Waals surface area contributed by atoms with Gasteiger partial charge in [0, 0.05) is 6.07 Å². The number of alkyl halides is 4. The highest BCUT2D eigenvalue weighted by molar-refractivity contribution is 6.03. The molecule has 0 radical (unpaired) electrons. The number of nitrogens with zero attached hydrogens (tertiary/aromatic N) is 5. The zero-order valence-corrected chi connectivity index (χ0v) is 17.4. The van der Waals surface area contributed by atoms with E-state index in [2.05, 4.69) is 20.4 Å². The van der Waals surface area contributed by atoms with E-state index < -0.39 is 30.1 Å². The Balaban J connectivity index is 1.53. The van der Waals surface area contributed by atoms with Gasteiger partial charge >= 0.3 is 0 Å². The Hall–Kier alpha value is -4.28. The zero-order valence-electron chi connectivity index (χ0n) is 17.4. The number of carbonyl (C=O) groups excluding carboxylic acids is 1. The van der Waals surface area contributed by atoms with E-state index in [1.54, 1.807) is 10.6 Å². The minimum atomic E-state index is -3.09. The van der Waals surface area contributed by atoms with E-state index in [4.69, 9.17) is 0 Å². The molecule has 7 nitrogen and oxygen atoms in total. The number of aromatic nitrogens is 5. The van der Waals surface area contributed by atoms with Crippen molar-refractivity contribution in [2.45, 2.75) is 19.4 Å². The number of rotatable bonds is 6. The van der Waals surface area contributed by atoms with E-state index in [-0.39, 0.29) is 17.3 Å². The van der Waals surface area contributed by atoms with Crippen LogP contribution in [0.25, 0.3) is 16.7 Å². The Kier molecular flexibility index (Phi) is 5.44. The third-order valence-electron chi connectivity index (χ3n) is 5.22. The lowest BCUT2D eigenvalue weighted by atomic mass is 10.2. The van der Waals surface area contributed by atoms with Crippen molar-refractivity contribution in [2.24, 2.45) is 0 Å². The van der Waals surface area contributed by atoms with Gasteiger partial charge in [0.15, 0.2) is 11.3 Å². The van der Waals surface area contributed by atoms with Crippen LogP contribution in [0.3, 0.4) is 0 Å². The fourth-order valence-electron chi connectivity index (χ4n) is 3.66. The first-order valence-corrected chi connectivity index (χ1v) is 10.2. The van der Waals surface area contributed by atoms with E-state index >= 15 is 0 Å². The number of imidazole rings is 1.